The molecule has 1 amide bonds. The first-order valence-electron chi connectivity index (χ1n) is 9.79. The zero-order valence-electron chi connectivity index (χ0n) is 17.6. The van der Waals surface area contributed by atoms with Crippen LogP contribution in [0.2, 0.25) is 5.02 Å². The average Bonchev–Trinajstić information content (AvgIpc) is 2.92. The number of nitrogens with zero attached hydrogens (tertiary/aromatic N) is 1. The summed E-state index contributed by atoms with van der Waals surface area (Å²) in [6, 6.07) is 13.0. The molecule has 8 heteroatoms. The lowest BCUT2D eigenvalue weighted by molar-refractivity contribution is 0.00578. The first-order valence-corrected chi connectivity index (χ1v) is 10.2. The Bertz CT molecular complexity index is 902. The molecule has 158 valence electrons. The molecule has 0 bridgehead atoms. The molecule has 6 nitrogen and oxygen atoms in total. The van der Waals surface area contributed by atoms with Crippen LogP contribution < -0.4 is 5.32 Å². The molecule has 0 radical (unpaired) electrons. The number of pyridine rings is 1. The Labute approximate surface area is 182 Å². The molecule has 2 aromatic rings. The van der Waals surface area contributed by atoms with E-state index in [9.17, 15) is 4.79 Å². The van der Waals surface area contributed by atoms with Crippen LogP contribution >= 0.6 is 11.6 Å². The second kappa shape index (κ2) is 9.21. The van der Waals surface area contributed by atoms with E-state index in [1.807, 2.05) is 58.0 Å². The number of carbonyl (C=O) groups excluding carboxylic acids is 1. The minimum absolute atomic E-state index is 0.164. The number of hydrogen-bond acceptors (Lipinski definition) is 5. The maximum absolute atomic E-state index is 12.2. The lowest BCUT2D eigenvalue weighted by atomic mass is 9.77. The van der Waals surface area contributed by atoms with E-state index in [1.165, 1.54) is 0 Å². The number of hydrogen-bond donors (Lipinski definition) is 1. The number of benzene rings is 1. The molecule has 1 fully saturated rings. The molecular weight excluding hydrogens is 403 g/mol. The number of ether oxygens (including phenoxy) is 1. The Morgan fingerprint density at radius 3 is 2.43 bits per heavy atom. The van der Waals surface area contributed by atoms with Gasteiger partial charge in [0.15, 0.2) is 0 Å². The van der Waals surface area contributed by atoms with Crippen LogP contribution in [0.15, 0.2) is 54.1 Å². The Balaban J connectivity index is 1.72. The third kappa shape index (κ3) is 5.42. The lowest BCUT2D eigenvalue weighted by Gasteiger charge is -2.32. The first kappa shape index (κ1) is 22.3. The number of rotatable bonds is 6. The van der Waals surface area contributed by atoms with Gasteiger partial charge in [0.1, 0.15) is 6.61 Å². The van der Waals surface area contributed by atoms with Crippen LogP contribution in [0.1, 0.15) is 39.0 Å². The Kier molecular flexibility index (Phi) is 6.86. The van der Waals surface area contributed by atoms with E-state index in [2.05, 4.69) is 10.3 Å². The zero-order chi connectivity index (χ0) is 21.8. The third-order valence-corrected chi connectivity index (χ3v) is 5.63. The minimum atomic E-state index is -0.650. The van der Waals surface area contributed by atoms with E-state index in [0.29, 0.717) is 16.2 Å². The van der Waals surface area contributed by atoms with Gasteiger partial charge in [0, 0.05) is 12.7 Å². The van der Waals surface area contributed by atoms with Crippen molar-refractivity contribution < 1.29 is 18.8 Å². The normalized spacial score (nSPS) is 17.6. The molecule has 1 N–H and O–H groups in total. The molecule has 1 aromatic heterocycles. The fourth-order valence-corrected chi connectivity index (χ4v) is 3.00. The number of nitrogens with one attached hydrogen (secondary N) is 1. The first-order chi connectivity index (χ1) is 14.2. The largest absolute Gasteiger partial charge is 0.492 e. The number of aromatic nitrogens is 1. The van der Waals surface area contributed by atoms with Crippen LogP contribution in [-0.4, -0.2) is 35.9 Å². The second-order valence-electron chi connectivity index (χ2n) is 8.09. The predicted octanol–water partition coefficient (Wildman–Crippen LogP) is 4.68. The van der Waals surface area contributed by atoms with Gasteiger partial charge in [0.2, 0.25) is 0 Å². The van der Waals surface area contributed by atoms with Gasteiger partial charge in [-0.3, -0.25) is 4.98 Å². The molecule has 30 heavy (non-hydrogen) atoms. The van der Waals surface area contributed by atoms with Crippen molar-refractivity contribution in [3.8, 4) is 0 Å². The minimum Gasteiger partial charge on any atom is -0.445 e. The van der Waals surface area contributed by atoms with Gasteiger partial charge < -0.3 is 19.4 Å². The maximum atomic E-state index is 12.2. The number of amides is 1. The highest BCUT2D eigenvalue weighted by Crippen LogP contribution is 2.38. The van der Waals surface area contributed by atoms with Gasteiger partial charge in [-0.1, -0.05) is 41.9 Å². The molecule has 1 aliphatic heterocycles. The molecule has 0 aliphatic carbocycles. The Hall–Kier alpha value is -2.35. The predicted molar refractivity (Wildman–Crippen MR) is 118 cm³/mol. The standard InChI is InChI=1S/C22H26BClN2O4/c1-21(2)22(3,4)30-23(29-21)17(13-19-18(24)11-8-12-25-19)14-26-20(27)28-15-16-9-6-5-7-10-16/h5-13H,14-15H2,1-4H3,(H,26,27). The molecular formula is C22H26BClN2O4. The molecule has 1 aliphatic rings. The summed E-state index contributed by atoms with van der Waals surface area (Å²) in [6.07, 6.45) is 2.90. The van der Waals surface area contributed by atoms with Crippen LogP contribution in [0.5, 0.6) is 0 Å². The SMILES string of the molecule is CC1(C)OB(C(=Cc2ncccc2Cl)CNC(=O)OCc2ccccc2)OC1(C)C. The summed E-state index contributed by atoms with van der Waals surface area (Å²) in [5, 5.41) is 3.26. The van der Waals surface area contributed by atoms with Gasteiger partial charge in [-0.25, -0.2) is 4.79 Å². The summed E-state index contributed by atoms with van der Waals surface area (Å²) in [5.74, 6) is 0. The van der Waals surface area contributed by atoms with Gasteiger partial charge in [-0.15, -0.1) is 0 Å². The van der Waals surface area contributed by atoms with Crippen LogP contribution in [0, 0.1) is 0 Å². The number of alkyl carbamates (subject to hydrolysis) is 1. The summed E-state index contributed by atoms with van der Waals surface area (Å²) in [6.45, 7) is 8.24. The summed E-state index contributed by atoms with van der Waals surface area (Å²) in [5.41, 5.74) is 1.14. The molecule has 0 unspecified atom stereocenters. The quantitative estimate of drug-likeness (QED) is 0.677. The van der Waals surface area contributed by atoms with Gasteiger partial charge in [-0.05, 0) is 56.9 Å². The fourth-order valence-electron chi connectivity index (χ4n) is 2.82. The van der Waals surface area contributed by atoms with Gasteiger partial charge in [0.05, 0.1) is 21.9 Å². The average molecular weight is 429 g/mol. The molecule has 0 saturated carbocycles. The van der Waals surface area contributed by atoms with Crippen molar-refractivity contribution >= 4 is 30.9 Å². The van der Waals surface area contributed by atoms with E-state index in [1.54, 1.807) is 24.4 Å². The van der Waals surface area contributed by atoms with Crippen molar-refractivity contribution in [3.63, 3.8) is 0 Å². The topological polar surface area (TPSA) is 69.7 Å². The van der Waals surface area contributed by atoms with Gasteiger partial charge in [-0.2, -0.15) is 0 Å². The fraction of sp³-hybridized carbons (Fsp3) is 0.364. The lowest BCUT2D eigenvalue weighted by Crippen LogP contribution is -2.41. The molecule has 1 aromatic carbocycles. The van der Waals surface area contributed by atoms with Crippen molar-refractivity contribution in [1.82, 2.24) is 10.3 Å². The highest BCUT2D eigenvalue weighted by atomic mass is 35.5. The number of halogens is 1. The van der Waals surface area contributed by atoms with E-state index in [-0.39, 0.29) is 13.2 Å². The van der Waals surface area contributed by atoms with Crippen molar-refractivity contribution in [1.29, 1.82) is 0 Å². The summed E-state index contributed by atoms with van der Waals surface area (Å²) >= 11 is 6.27. The van der Waals surface area contributed by atoms with Crippen LogP contribution in [-0.2, 0) is 20.7 Å². The van der Waals surface area contributed by atoms with E-state index >= 15 is 0 Å². The summed E-state index contributed by atoms with van der Waals surface area (Å²) < 4.78 is 17.6. The van der Waals surface area contributed by atoms with E-state index in [4.69, 9.17) is 25.6 Å². The smallest absolute Gasteiger partial charge is 0.445 e. The van der Waals surface area contributed by atoms with E-state index in [0.717, 1.165) is 5.56 Å². The van der Waals surface area contributed by atoms with Crippen molar-refractivity contribution in [2.45, 2.75) is 45.5 Å². The van der Waals surface area contributed by atoms with Gasteiger partial charge in [0.25, 0.3) is 0 Å². The Morgan fingerprint density at radius 1 is 1.13 bits per heavy atom. The van der Waals surface area contributed by atoms with Crippen LogP contribution in [0.3, 0.4) is 0 Å². The zero-order valence-corrected chi connectivity index (χ0v) is 18.4. The van der Waals surface area contributed by atoms with Crippen molar-refractivity contribution in [3.05, 3.63) is 70.4 Å². The third-order valence-electron chi connectivity index (χ3n) is 5.31. The van der Waals surface area contributed by atoms with Gasteiger partial charge >= 0.3 is 13.2 Å². The van der Waals surface area contributed by atoms with Crippen molar-refractivity contribution in [2.24, 2.45) is 0 Å². The highest BCUT2D eigenvalue weighted by molar-refractivity contribution is 6.56. The maximum Gasteiger partial charge on any atom is 0.492 e. The summed E-state index contributed by atoms with van der Waals surface area (Å²) in [7, 11) is -0.650. The molecule has 2 heterocycles. The Morgan fingerprint density at radius 2 is 1.80 bits per heavy atom. The molecule has 3 rings (SSSR count). The molecule has 1 saturated heterocycles. The second-order valence-corrected chi connectivity index (χ2v) is 8.50. The molecule has 0 atom stereocenters. The summed E-state index contributed by atoms with van der Waals surface area (Å²) in [4.78, 5) is 16.5. The molecule has 0 spiro atoms. The van der Waals surface area contributed by atoms with Crippen LogP contribution in [0.4, 0.5) is 4.79 Å². The van der Waals surface area contributed by atoms with E-state index < -0.39 is 24.4 Å². The monoisotopic (exact) mass is 428 g/mol. The highest BCUT2D eigenvalue weighted by Gasteiger charge is 2.52. The number of carbonyl (C=O) groups is 1. The van der Waals surface area contributed by atoms with Crippen molar-refractivity contribution in [2.75, 3.05) is 6.54 Å². The van der Waals surface area contributed by atoms with Crippen LogP contribution in [0.25, 0.3) is 6.08 Å².